The molecule has 5 heteroatoms. The van der Waals surface area contributed by atoms with Gasteiger partial charge in [0.2, 0.25) is 0 Å². The van der Waals surface area contributed by atoms with Crippen molar-refractivity contribution >= 4 is 23.0 Å². The quantitative estimate of drug-likeness (QED) is 0.655. The normalized spacial score (nSPS) is 10.3. The van der Waals surface area contributed by atoms with Gasteiger partial charge in [-0.25, -0.2) is 0 Å². The Bertz CT molecular complexity index is 612. The van der Waals surface area contributed by atoms with E-state index in [9.17, 15) is 10.1 Å². The minimum absolute atomic E-state index is 0.00560. The Labute approximate surface area is 122 Å². The minimum atomic E-state index is -0.452. The van der Waals surface area contributed by atoms with Gasteiger partial charge in [-0.15, -0.1) is 0 Å². The molecule has 0 amide bonds. The standard InChI is InChI=1S/C15H15ClN2O2/c1-2-11-3-6-13(7-4-11)17-10-12-5-8-14(18(19)20)9-15(12)16/h3-9,17H,2,10H2,1H3. The SMILES string of the molecule is CCc1ccc(NCc2ccc([N+](=O)[O-])cc2Cl)cc1. The van der Waals surface area contributed by atoms with Crippen LogP contribution in [-0.4, -0.2) is 4.92 Å². The summed E-state index contributed by atoms with van der Waals surface area (Å²) in [6.07, 6.45) is 1.01. The monoisotopic (exact) mass is 290 g/mol. The average molecular weight is 291 g/mol. The van der Waals surface area contributed by atoms with E-state index in [-0.39, 0.29) is 5.69 Å². The van der Waals surface area contributed by atoms with Crippen LogP contribution < -0.4 is 5.32 Å². The molecule has 0 aliphatic rings. The summed E-state index contributed by atoms with van der Waals surface area (Å²) in [4.78, 5) is 10.2. The largest absolute Gasteiger partial charge is 0.381 e. The first-order valence-corrected chi connectivity index (χ1v) is 6.73. The van der Waals surface area contributed by atoms with Crippen molar-refractivity contribution in [1.29, 1.82) is 0 Å². The van der Waals surface area contributed by atoms with E-state index in [2.05, 4.69) is 24.4 Å². The van der Waals surface area contributed by atoms with Crippen LogP contribution >= 0.6 is 11.6 Å². The Morgan fingerprint density at radius 1 is 1.20 bits per heavy atom. The first-order chi connectivity index (χ1) is 9.60. The van der Waals surface area contributed by atoms with Crippen molar-refractivity contribution in [3.8, 4) is 0 Å². The molecule has 0 saturated carbocycles. The van der Waals surface area contributed by atoms with Crippen LogP contribution in [0.4, 0.5) is 11.4 Å². The Kier molecular flexibility index (Phi) is 4.58. The summed E-state index contributed by atoms with van der Waals surface area (Å²) in [5.41, 5.74) is 3.11. The molecule has 1 N–H and O–H groups in total. The van der Waals surface area contributed by atoms with Gasteiger partial charge in [0.05, 0.1) is 9.95 Å². The molecule has 0 spiro atoms. The third kappa shape index (κ3) is 3.48. The Morgan fingerprint density at radius 2 is 1.90 bits per heavy atom. The zero-order chi connectivity index (χ0) is 14.5. The van der Waals surface area contributed by atoms with Crippen LogP contribution in [-0.2, 0) is 13.0 Å². The van der Waals surface area contributed by atoms with Crippen LogP contribution in [0.3, 0.4) is 0 Å². The van der Waals surface area contributed by atoms with Crippen molar-refractivity contribution in [2.75, 3.05) is 5.32 Å². The number of anilines is 1. The molecule has 0 fully saturated rings. The molecule has 0 radical (unpaired) electrons. The van der Waals surface area contributed by atoms with E-state index in [1.54, 1.807) is 6.07 Å². The molecule has 2 aromatic rings. The van der Waals surface area contributed by atoms with E-state index >= 15 is 0 Å². The van der Waals surface area contributed by atoms with Gasteiger partial charge in [-0.2, -0.15) is 0 Å². The number of non-ortho nitro benzene ring substituents is 1. The number of nitro groups is 1. The molecule has 0 atom stereocenters. The maximum Gasteiger partial charge on any atom is 0.270 e. The van der Waals surface area contributed by atoms with Crippen LogP contribution in [0.2, 0.25) is 5.02 Å². The summed E-state index contributed by atoms with van der Waals surface area (Å²) in [6, 6.07) is 12.7. The zero-order valence-electron chi connectivity index (χ0n) is 11.1. The fourth-order valence-corrected chi connectivity index (χ4v) is 2.09. The smallest absolute Gasteiger partial charge is 0.270 e. The first-order valence-electron chi connectivity index (χ1n) is 6.35. The third-order valence-corrected chi connectivity index (χ3v) is 3.44. The highest BCUT2D eigenvalue weighted by molar-refractivity contribution is 6.31. The highest BCUT2D eigenvalue weighted by atomic mass is 35.5. The lowest BCUT2D eigenvalue weighted by Gasteiger charge is -2.08. The molecule has 0 aromatic heterocycles. The lowest BCUT2D eigenvalue weighted by Crippen LogP contribution is -2.00. The van der Waals surface area contributed by atoms with E-state index in [1.165, 1.54) is 17.7 Å². The molecule has 0 heterocycles. The third-order valence-electron chi connectivity index (χ3n) is 3.09. The van der Waals surface area contributed by atoms with Crippen LogP contribution in [0.5, 0.6) is 0 Å². The summed E-state index contributed by atoms with van der Waals surface area (Å²) in [7, 11) is 0. The molecule has 2 rings (SSSR count). The summed E-state index contributed by atoms with van der Waals surface area (Å²) >= 11 is 6.04. The molecular formula is C15H15ClN2O2. The number of nitro benzene ring substituents is 1. The molecule has 0 aliphatic heterocycles. The van der Waals surface area contributed by atoms with Crippen molar-refractivity contribution < 1.29 is 4.92 Å². The fraction of sp³-hybridized carbons (Fsp3) is 0.200. The second-order valence-corrected chi connectivity index (χ2v) is 4.84. The predicted molar refractivity (Wildman–Crippen MR) is 81.3 cm³/mol. The minimum Gasteiger partial charge on any atom is -0.381 e. The highest BCUT2D eigenvalue weighted by Crippen LogP contribution is 2.23. The number of aryl methyl sites for hydroxylation is 1. The molecule has 104 valence electrons. The van der Waals surface area contributed by atoms with Crippen molar-refractivity contribution in [2.24, 2.45) is 0 Å². The molecule has 20 heavy (non-hydrogen) atoms. The Balaban J connectivity index is 2.04. The van der Waals surface area contributed by atoms with E-state index in [0.29, 0.717) is 11.6 Å². The van der Waals surface area contributed by atoms with E-state index in [0.717, 1.165) is 17.7 Å². The average Bonchev–Trinajstić information content (AvgIpc) is 2.46. The second-order valence-electron chi connectivity index (χ2n) is 4.44. The number of rotatable bonds is 5. The topological polar surface area (TPSA) is 55.2 Å². The van der Waals surface area contributed by atoms with Gasteiger partial charge in [-0.05, 0) is 35.7 Å². The number of hydrogen-bond donors (Lipinski definition) is 1. The maximum absolute atomic E-state index is 10.6. The van der Waals surface area contributed by atoms with Crippen molar-refractivity contribution in [3.05, 3.63) is 68.7 Å². The highest BCUT2D eigenvalue weighted by Gasteiger charge is 2.09. The van der Waals surface area contributed by atoms with Gasteiger partial charge in [0.1, 0.15) is 0 Å². The van der Waals surface area contributed by atoms with Gasteiger partial charge in [0.25, 0.3) is 5.69 Å². The second kappa shape index (κ2) is 6.39. The lowest BCUT2D eigenvalue weighted by atomic mass is 10.1. The predicted octanol–water partition coefficient (Wildman–Crippen LogP) is 4.42. The van der Waals surface area contributed by atoms with Gasteiger partial charge in [-0.3, -0.25) is 10.1 Å². The van der Waals surface area contributed by atoms with Crippen molar-refractivity contribution in [1.82, 2.24) is 0 Å². The van der Waals surface area contributed by atoms with Crippen LogP contribution in [0.25, 0.3) is 0 Å². The maximum atomic E-state index is 10.6. The van der Waals surface area contributed by atoms with Crippen molar-refractivity contribution in [3.63, 3.8) is 0 Å². The van der Waals surface area contributed by atoms with Crippen molar-refractivity contribution in [2.45, 2.75) is 19.9 Å². The molecule has 4 nitrogen and oxygen atoms in total. The summed E-state index contributed by atoms with van der Waals surface area (Å²) < 4.78 is 0. The van der Waals surface area contributed by atoms with E-state index in [4.69, 9.17) is 11.6 Å². The molecule has 2 aromatic carbocycles. The van der Waals surface area contributed by atoms with Crippen LogP contribution in [0, 0.1) is 10.1 Å². The number of halogens is 1. The lowest BCUT2D eigenvalue weighted by molar-refractivity contribution is -0.384. The van der Waals surface area contributed by atoms with Gasteiger partial charge >= 0.3 is 0 Å². The van der Waals surface area contributed by atoms with Crippen LogP contribution in [0.15, 0.2) is 42.5 Å². The Morgan fingerprint density at radius 3 is 2.45 bits per heavy atom. The van der Waals surface area contributed by atoms with Gasteiger partial charge in [0.15, 0.2) is 0 Å². The molecule has 0 saturated heterocycles. The molecular weight excluding hydrogens is 276 g/mol. The number of hydrogen-bond acceptors (Lipinski definition) is 3. The number of nitrogens with zero attached hydrogens (tertiary/aromatic N) is 1. The molecule has 0 bridgehead atoms. The van der Waals surface area contributed by atoms with Crippen LogP contribution in [0.1, 0.15) is 18.1 Å². The van der Waals surface area contributed by atoms with Gasteiger partial charge in [-0.1, -0.05) is 30.7 Å². The van der Waals surface area contributed by atoms with E-state index < -0.39 is 4.92 Å². The molecule has 0 unspecified atom stereocenters. The zero-order valence-corrected chi connectivity index (χ0v) is 11.9. The van der Waals surface area contributed by atoms with E-state index in [1.807, 2.05) is 12.1 Å². The summed E-state index contributed by atoms with van der Waals surface area (Å²) in [6.45, 7) is 2.64. The Hall–Kier alpha value is -2.07. The summed E-state index contributed by atoms with van der Waals surface area (Å²) in [5, 5.41) is 14.3. The fourth-order valence-electron chi connectivity index (χ4n) is 1.85. The number of nitrogens with one attached hydrogen (secondary N) is 1. The van der Waals surface area contributed by atoms with Gasteiger partial charge in [0, 0.05) is 24.4 Å². The summed E-state index contributed by atoms with van der Waals surface area (Å²) in [5.74, 6) is 0. The molecule has 0 aliphatic carbocycles. The first kappa shape index (κ1) is 14.3. The number of benzene rings is 2. The van der Waals surface area contributed by atoms with Gasteiger partial charge < -0.3 is 5.32 Å².